The van der Waals surface area contributed by atoms with E-state index in [1.54, 1.807) is 53.2 Å². The Labute approximate surface area is 156 Å². The van der Waals surface area contributed by atoms with E-state index >= 15 is 0 Å². The third-order valence-corrected chi connectivity index (χ3v) is 5.87. The Morgan fingerprint density at radius 3 is 2.62 bits per heavy atom. The van der Waals surface area contributed by atoms with Gasteiger partial charge in [-0.05, 0) is 31.2 Å². The predicted octanol–water partition coefficient (Wildman–Crippen LogP) is 2.78. The van der Waals surface area contributed by atoms with E-state index in [4.69, 9.17) is 11.6 Å². The fraction of sp³-hybridized carbons (Fsp3) is 0.222. The number of rotatable bonds is 6. The molecule has 136 valence electrons. The lowest BCUT2D eigenvalue weighted by molar-refractivity contribution is -0.120. The molecule has 0 bridgehead atoms. The van der Waals surface area contributed by atoms with Gasteiger partial charge in [-0.15, -0.1) is 0 Å². The van der Waals surface area contributed by atoms with Gasteiger partial charge in [0.25, 0.3) is 0 Å². The first-order chi connectivity index (χ1) is 12.3. The number of sulfone groups is 1. The number of halogens is 1. The number of hydrogen-bond donors (Lipinski definition) is 1. The number of imidazole rings is 1. The Morgan fingerprint density at radius 2 is 1.88 bits per heavy atom. The summed E-state index contributed by atoms with van der Waals surface area (Å²) in [6, 6.07) is 10.1. The van der Waals surface area contributed by atoms with Gasteiger partial charge < -0.3 is 9.72 Å². The Hall–Kier alpha value is -2.38. The van der Waals surface area contributed by atoms with E-state index < -0.39 is 9.84 Å². The standard InChI is InChI=1S/C18H18ClN3O3S/c1-13-2-5-16(6-3-13)26(24,25)9-8-18(23)20-10-15-12-22-11-14(19)4-7-17(22)21-15/h2-7,11-12H,8-10H2,1H3,(H,20,23). The van der Waals surface area contributed by atoms with Crippen LogP contribution in [0.25, 0.3) is 5.65 Å². The average Bonchev–Trinajstić information content (AvgIpc) is 3.00. The summed E-state index contributed by atoms with van der Waals surface area (Å²) in [5.74, 6) is -0.571. The molecule has 0 saturated carbocycles. The Bertz CT molecular complexity index is 1040. The number of carbonyl (C=O) groups is 1. The number of aryl methyl sites for hydroxylation is 1. The van der Waals surface area contributed by atoms with Crippen LogP contribution in [0.2, 0.25) is 5.02 Å². The van der Waals surface area contributed by atoms with E-state index in [-0.39, 0.29) is 29.5 Å². The van der Waals surface area contributed by atoms with Crippen molar-refractivity contribution in [3.63, 3.8) is 0 Å². The van der Waals surface area contributed by atoms with Crippen molar-refractivity contribution in [3.05, 3.63) is 65.1 Å². The minimum atomic E-state index is -3.48. The smallest absolute Gasteiger partial charge is 0.221 e. The predicted molar refractivity (Wildman–Crippen MR) is 99.9 cm³/mol. The van der Waals surface area contributed by atoms with Crippen LogP contribution < -0.4 is 5.32 Å². The molecular formula is C18H18ClN3O3S. The second-order valence-corrected chi connectivity index (χ2v) is 8.55. The van der Waals surface area contributed by atoms with Gasteiger partial charge in [0.2, 0.25) is 5.91 Å². The second kappa shape index (κ2) is 7.47. The van der Waals surface area contributed by atoms with Crippen LogP contribution in [-0.2, 0) is 21.2 Å². The van der Waals surface area contributed by atoms with Gasteiger partial charge in [0.05, 0.1) is 27.9 Å². The minimum absolute atomic E-state index is 0.102. The normalized spacial score (nSPS) is 11.6. The lowest BCUT2D eigenvalue weighted by atomic mass is 10.2. The molecule has 3 rings (SSSR count). The molecule has 26 heavy (non-hydrogen) atoms. The zero-order valence-electron chi connectivity index (χ0n) is 14.1. The number of pyridine rings is 1. The van der Waals surface area contributed by atoms with E-state index in [2.05, 4.69) is 10.3 Å². The number of nitrogens with one attached hydrogen (secondary N) is 1. The van der Waals surface area contributed by atoms with Gasteiger partial charge >= 0.3 is 0 Å². The first-order valence-corrected chi connectivity index (χ1v) is 10.1. The molecule has 1 N–H and O–H groups in total. The van der Waals surface area contributed by atoms with E-state index in [0.29, 0.717) is 10.7 Å². The lowest BCUT2D eigenvalue weighted by Gasteiger charge is -2.06. The molecular weight excluding hydrogens is 374 g/mol. The maximum Gasteiger partial charge on any atom is 0.221 e. The third-order valence-electron chi connectivity index (χ3n) is 3.91. The number of hydrogen-bond acceptors (Lipinski definition) is 4. The van der Waals surface area contributed by atoms with Crippen LogP contribution in [0.5, 0.6) is 0 Å². The van der Waals surface area contributed by atoms with Crippen LogP contribution >= 0.6 is 11.6 Å². The maximum absolute atomic E-state index is 12.3. The van der Waals surface area contributed by atoms with Crippen LogP contribution in [0.4, 0.5) is 0 Å². The quantitative estimate of drug-likeness (QED) is 0.700. The van der Waals surface area contributed by atoms with Crippen molar-refractivity contribution in [3.8, 4) is 0 Å². The number of amides is 1. The van der Waals surface area contributed by atoms with E-state index in [0.717, 1.165) is 11.2 Å². The fourth-order valence-corrected chi connectivity index (χ4v) is 3.88. The Kier molecular flexibility index (Phi) is 5.29. The van der Waals surface area contributed by atoms with Gasteiger partial charge in [-0.25, -0.2) is 13.4 Å². The van der Waals surface area contributed by atoms with Crippen LogP contribution in [-0.4, -0.2) is 29.5 Å². The van der Waals surface area contributed by atoms with Crippen molar-refractivity contribution >= 4 is 33.0 Å². The monoisotopic (exact) mass is 391 g/mol. The molecule has 0 unspecified atom stereocenters. The Balaban J connectivity index is 1.55. The van der Waals surface area contributed by atoms with Crippen molar-refractivity contribution in [2.75, 3.05) is 5.75 Å². The third kappa shape index (κ3) is 4.42. The molecule has 0 atom stereocenters. The molecule has 2 heterocycles. The zero-order chi connectivity index (χ0) is 18.7. The maximum atomic E-state index is 12.3. The van der Waals surface area contributed by atoms with Crippen LogP contribution in [0, 0.1) is 6.92 Å². The molecule has 6 nitrogen and oxygen atoms in total. The molecule has 0 aliphatic rings. The van der Waals surface area contributed by atoms with Gasteiger partial charge in [-0.3, -0.25) is 4.79 Å². The van der Waals surface area contributed by atoms with Crippen LogP contribution in [0.15, 0.2) is 53.7 Å². The number of carbonyl (C=O) groups excluding carboxylic acids is 1. The number of nitrogens with zero attached hydrogens (tertiary/aromatic N) is 2. The summed E-state index contributed by atoms with van der Waals surface area (Å²) in [4.78, 5) is 16.6. The molecule has 2 aromatic heterocycles. The van der Waals surface area contributed by atoms with Crippen molar-refractivity contribution in [1.29, 1.82) is 0 Å². The summed E-state index contributed by atoms with van der Waals surface area (Å²) in [6.07, 6.45) is 3.39. The highest BCUT2D eigenvalue weighted by atomic mass is 35.5. The van der Waals surface area contributed by atoms with Crippen molar-refractivity contribution in [2.45, 2.75) is 24.8 Å². The summed E-state index contributed by atoms with van der Waals surface area (Å²) in [7, 11) is -3.48. The molecule has 0 saturated heterocycles. The highest BCUT2D eigenvalue weighted by molar-refractivity contribution is 7.91. The van der Waals surface area contributed by atoms with E-state index in [9.17, 15) is 13.2 Å². The van der Waals surface area contributed by atoms with Crippen LogP contribution in [0.3, 0.4) is 0 Å². The summed E-state index contributed by atoms with van der Waals surface area (Å²) < 4.78 is 26.3. The first-order valence-electron chi connectivity index (χ1n) is 8.03. The van der Waals surface area contributed by atoms with Crippen molar-refractivity contribution in [2.24, 2.45) is 0 Å². The molecule has 0 aliphatic carbocycles. The van der Waals surface area contributed by atoms with Crippen LogP contribution in [0.1, 0.15) is 17.7 Å². The summed E-state index contributed by atoms with van der Waals surface area (Å²) >= 11 is 5.92. The fourth-order valence-electron chi connectivity index (χ4n) is 2.47. The van der Waals surface area contributed by atoms with Crippen molar-refractivity contribution < 1.29 is 13.2 Å². The Morgan fingerprint density at radius 1 is 1.15 bits per heavy atom. The molecule has 3 aromatic rings. The molecule has 0 radical (unpaired) electrons. The van der Waals surface area contributed by atoms with E-state index in [1.807, 2.05) is 6.92 Å². The van der Waals surface area contributed by atoms with Gasteiger partial charge in [0.1, 0.15) is 5.65 Å². The molecule has 0 aliphatic heterocycles. The number of benzene rings is 1. The summed E-state index contributed by atoms with van der Waals surface area (Å²) in [6.45, 7) is 2.11. The zero-order valence-corrected chi connectivity index (χ0v) is 15.7. The average molecular weight is 392 g/mol. The molecule has 1 amide bonds. The highest BCUT2D eigenvalue weighted by Crippen LogP contribution is 2.14. The second-order valence-electron chi connectivity index (χ2n) is 6.00. The van der Waals surface area contributed by atoms with Gasteiger partial charge in [0, 0.05) is 18.8 Å². The number of fused-ring (bicyclic) bond motifs is 1. The topological polar surface area (TPSA) is 80.5 Å². The highest BCUT2D eigenvalue weighted by Gasteiger charge is 2.16. The molecule has 0 spiro atoms. The lowest BCUT2D eigenvalue weighted by Crippen LogP contribution is -2.25. The van der Waals surface area contributed by atoms with Gasteiger partial charge in [-0.2, -0.15) is 0 Å². The van der Waals surface area contributed by atoms with E-state index in [1.165, 1.54) is 0 Å². The van der Waals surface area contributed by atoms with Crippen molar-refractivity contribution in [1.82, 2.24) is 14.7 Å². The largest absolute Gasteiger partial charge is 0.350 e. The summed E-state index contributed by atoms with van der Waals surface area (Å²) in [5, 5.41) is 3.29. The minimum Gasteiger partial charge on any atom is -0.350 e. The molecule has 0 fully saturated rings. The molecule has 1 aromatic carbocycles. The number of aromatic nitrogens is 2. The summed E-state index contributed by atoms with van der Waals surface area (Å²) in [5.41, 5.74) is 2.37. The van der Waals surface area contributed by atoms with Gasteiger partial charge in [0.15, 0.2) is 9.84 Å². The first kappa shape index (κ1) is 18.4. The molecule has 8 heteroatoms. The SMILES string of the molecule is Cc1ccc(S(=O)(=O)CCC(=O)NCc2cn3cc(Cl)ccc3n2)cc1. The van der Waals surface area contributed by atoms with Gasteiger partial charge in [-0.1, -0.05) is 29.3 Å².